The number of hydrogen-bond acceptors (Lipinski definition) is 0. The number of hydrogen-bond donors (Lipinski definition) is 0. The van der Waals surface area contributed by atoms with E-state index in [2.05, 4.69) is 73.5 Å². The SMILES string of the molecule is [CH]1CC(Cc2ccccc2)[CH]CC1Cc1ccccc1. The Hall–Kier alpha value is -1.56. The molecule has 0 bridgehead atoms. The molecule has 0 amide bonds. The molecule has 2 unspecified atom stereocenters. The summed E-state index contributed by atoms with van der Waals surface area (Å²) >= 11 is 0. The van der Waals surface area contributed by atoms with Crippen molar-refractivity contribution in [1.29, 1.82) is 0 Å². The van der Waals surface area contributed by atoms with Gasteiger partial charge in [-0.2, -0.15) is 0 Å². The Morgan fingerprint density at radius 1 is 0.600 bits per heavy atom. The molecule has 1 aliphatic rings. The van der Waals surface area contributed by atoms with Crippen LogP contribution in [-0.2, 0) is 12.8 Å². The molecule has 0 heteroatoms. The van der Waals surface area contributed by atoms with Crippen LogP contribution in [0.25, 0.3) is 0 Å². The van der Waals surface area contributed by atoms with E-state index >= 15 is 0 Å². The molecule has 102 valence electrons. The van der Waals surface area contributed by atoms with Gasteiger partial charge in [-0.05, 0) is 61.5 Å². The molecule has 0 spiro atoms. The topological polar surface area (TPSA) is 0 Å². The van der Waals surface area contributed by atoms with E-state index in [0.717, 1.165) is 11.8 Å². The van der Waals surface area contributed by atoms with Gasteiger partial charge in [0.2, 0.25) is 0 Å². The summed E-state index contributed by atoms with van der Waals surface area (Å²) in [5.41, 5.74) is 2.92. The lowest BCUT2D eigenvalue weighted by molar-refractivity contribution is 0.423. The molecule has 1 aliphatic carbocycles. The normalized spacial score (nSPS) is 22.6. The summed E-state index contributed by atoms with van der Waals surface area (Å²) in [6, 6.07) is 21.7. The summed E-state index contributed by atoms with van der Waals surface area (Å²) in [7, 11) is 0. The third-order valence-electron chi connectivity index (χ3n) is 4.23. The Bertz CT molecular complexity index is 443. The minimum atomic E-state index is 0.726. The van der Waals surface area contributed by atoms with Crippen LogP contribution in [0.2, 0.25) is 0 Å². The Balaban J connectivity index is 1.47. The third kappa shape index (κ3) is 3.72. The van der Waals surface area contributed by atoms with Gasteiger partial charge in [0.05, 0.1) is 0 Å². The summed E-state index contributed by atoms with van der Waals surface area (Å²) in [4.78, 5) is 0. The summed E-state index contributed by atoms with van der Waals surface area (Å²) in [5.74, 6) is 1.45. The summed E-state index contributed by atoms with van der Waals surface area (Å²) < 4.78 is 0. The molecule has 1 fully saturated rings. The van der Waals surface area contributed by atoms with Crippen LogP contribution in [-0.4, -0.2) is 0 Å². The Kier molecular flexibility index (Phi) is 4.53. The van der Waals surface area contributed by atoms with Crippen molar-refractivity contribution in [3.63, 3.8) is 0 Å². The maximum atomic E-state index is 2.54. The van der Waals surface area contributed by atoms with Crippen molar-refractivity contribution in [3.05, 3.63) is 84.6 Å². The van der Waals surface area contributed by atoms with Crippen molar-refractivity contribution in [2.45, 2.75) is 25.7 Å². The highest BCUT2D eigenvalue weighted by Crippen LogP contribution is 2.31. The fourth-order valence-corrected chi connectivity index (χ4v) is 3.09. The first-order valence-electron chi connectivity index (χ1n) is 7.64. The van der Waals surface area contributed by atoms with Gasteiger partial charge >= 0.3 is 0 Å². The van der Waals surface area contributed by atoms with E-state index in [1.165, 1.54) is 36.8 Å². The van der Waals surface area contributed by atoms with Crippen molar-refractivity contribution >= 4 is 0 Å². The molecule has 2 aromatic carbocycles. The smallest absolute Gasteiger partial charge is 0.0248 e. The summed E-state index contributed by atoms with van der Waals surface area (Å²) in [6.45, 7) is 0. The predicted molar refractivity (Wildman–Crippen MR) is 85.1 cm³/mol. The standard InChI is InChI=1S/C20H22/c1-3-7-17(8-4-1)15-19-11-13-20(14-12-19)16-18-9-5-2-6-10-18/h1-11,14,19-20H,12-13,15-16H2. The maximum Gasteiger partial charge on any atom is -0.0248 e. The number of rotatable bonds is 4. The average Bonchev–Trinajstić information content (AvgIpc) is 2.51. The van der Waals surface area contributed by atoms with Gasteiger partial charge in [0, 0.05) is 0 Å². The first-order chi connectivity index (χ1) is 9.90. The van der Waals surface area contributed by atoms with Crippen LogP contribution < -0.4 is 0 Å². The van der Waals surface area contributed by atoms with Crippen LogP contribution in [0.3, 0.4) is 0 Å². The summed E-state index contributed by atoms with van der Waals surface area (Å²) in [6.07, 6.45) is 9.92. The predicted octanol–water partition coefficient (Wildman–Crippen LogP) is 4.91. The fourth-order valence-electron chi connectivity index (χ4n) is 3.09. The molecule has 0 aliphatic heterocycles. The Morgan fingerprint density at radius 3 is 1.35 bits per heavy atom. The highest BCUT2D eigenvalue weighted by molar-refractivity contribution is 5.18. The van der Waals surface area contributed by atoms with Crippen molar-refractivity contribution in [3.8, 4) is 0 Å². The fraction of sp³-hybridized carbons (Fsp3) is 0.300. The number of benzene rings is 2. The highest BCUT2D eigenvalue weighted by Gasteiger charge is 2.21. The molecule has 0 nitrogen and oxygen atoms in total. The van der Waals surface area contributed by atoms with Gasteiger partial charge in [0.15, 0.2) is 0 Å². The molecular formula is C20H22. The second-order valence-electron chi connectivity index (χ2n) is 5.84. The maximum absolute atomic E-state index is 2.54. The monoisotopic (exact) mass is 262 g/mol. The second kappa shape index (κ2) is 6.74. The van der Waals surface area contributed by atoms with Gasteiger partial charge in [-0.1, -0.05) is 60.7 Å². The van der Waals surface area contributed by atoms with Crippen LogP contribution in [0.15, 0.2) is 60.7 Å². The van der Waals surface area contributed by atoms with Crippen molar-refractivity contribution in [2.24, 2.45) is 11.8 Å². The van der Waals surface area contributed by atoms with Gasteiger partial charge in [-0.25, -0.2) is 0 Å². The van der Waals surface area contributed by atoms with E-state index in [0.29, 0.717) is 0 Å². The molecular weight excluding hydrogens is 240 g/mol. The van der Waals surface area contributed by atoms with Crippen LogP contribution in [0.5, 0.6) is 0 Å². The zero-order valence-corrected chi connectivity index (χ0v) is 11.9. The molecule has 2 radical (unpaired) electrons. The lowest BCUT2D eigenvalue weighted by Gasteiger charge is -2.28. The second-order valence-corrected chi connectivity index (χ2v) is 5.84. The zero-order valence-electron chi connectivity index (χ0n) is 11.9. The van der Waals surface area contributed by atoms with E-state index in [-0.39, 0.29) is 0 Å². The van der Waals surface area contributed by atoms with Crippen molar-refractivity contribution in [2.75, 3.05) is 0 Å². The zero-order chi connectivity index (χ0) is 13.6. The van der Waals surface area contributed by atoms with Crippen LogP contribution >= 0.6 is 0 Å². The molecule has 0 heterocycles. The molecule has 1 saturated carbocycles. The molecule has 0 aromatic heterocycles. The van der Waals surface area contributed by atoms with E-state index < -0.39 is 0 Å². The highest BCUT2D eigenvalue weighted by atomic mass is 14.3. The van der Waals surface area contributed by atoms with Crippen molar-refractivity contribution in [1.82, 2.24) is 0 Å². The van der Waals surface area contributed by atoms with Crippen LogP contribution in [0.4, 0.5) is 0 Å². The Morgan fingerprint density at radius 2 is 1.00 bits per heavy atom. The molecule has 0 N–H and O–H groups in total. The Labute approximate surface area is 122 Å². The van der Waals surface area contributed by atoms with E-state index in [4.69, 9.17) is 0 Å². The van der Waals surface area contributed by atoms with Gasteiger partial charge in [-0.15, -0.1) is 0 Å². The molecule has 2 aromatic rings. The van der Waals surface area contributed by atoms with Crippen LogP contribution in [0, 0.1) is 24.7 Å². The van der Waals surface area contributed by atoms with E-state index in [9.17, 15) is 0 Å². The van der Waals surface area contributed by atoms with E-state index in [1.54, 1.807) is 0 Å². The molecule has 20 heavy (non-hydrogen) atoms. The minimum absolute atomic E-state index is 0.726. The lowest BCUT2D eigenvalue weighted by Crippen LogP contribution is -2.19. The van der Waals surface area contributed by atoms with Gasteiger partial charge < -0.3 is 0 Å². The van der Waals surface area contributed by atoms with Gasteiger partial charge in [0.25, 0.3) is 0 Å². The summed E-state index contributed by atoms with van der Waals surface area (Å²) in [5, 5.41) is 0. The molecule has 2 atom stereocenters. The van der Waals surface area contributed by atoms with Gasteiger partial charge in [-0.3, -0.25) is 0 Å². The molecule has 0 saturated heterocycles. The first-order valence-corrected chi connectivity index (χ1v) is 7.64. The quantitative estimate of drug-likeness (QED) is 0.734. The lowest BCUT2D eigenvalue weighted by atomic mass is 9.77. The van der Waals surface area contributed by atoms with Crippen LogP contribution in [0.1, 0.15) is 24.0 Å². The van der Waals surface area contributed by atoms with E-state index in [1.807, 2.05) is 0 Å². The average molecular weight is 262 g/mol. The van der Waals surface area contributed by atoms with Gasteiger partial charge in [0.1, 0.15) is 0 Å². The third-order valence-corrected chi connectivity index (χ3v) is 4.23. The molecule has 3 rings (SSSR count). The minimum Gasteiger partial charge on any atom is -0.0622 e. The first kappa shape index (κ1) is 13.4. The largest absolute Gasteiger partial charge is 0.0622 e. The van der Waals surface area contributed by atoms with Crippen molar-refractivity contribution < 1.29 is 0 Å².